The molecule has 6 nitrogen and oxygen atoms in total. The van der Waals surface area contributed by atoms with Crippen molar-refractivity contribution in [3.63, 3.8) is 0 Å². The highest BCUT2D eigenvalue weighted by Gasteiger charge is 2.29. The van der Waals surface area contributed by atoms with E-state index in [1.165, 1.54) is 32.1 Å². The van der Waals surface area contributed by atoms with Gasteiger partial charge in [0.2, 0.25) is 0 Å². The number of nitrogens with one attached hydrogen (secondary N) is 1. The highest BCUT2D eigenvalue weighted by Crippen LogP contribution is 2.23. The molecule has 20 heavy (non-hydrogen) atoms. The summed E-state index contributed by atoms with van der Waals surface area (Å²) in [4.78, 5) is 24.6. The molecule has 0 aromatic heterocycles. The van der Waals surface area contributed by atoms with Gasteiger partial charge in [-0.25, -0.2) is 4.79 Å². The molecular formula is C14H24N2O4. The Morgan fingerprint density at radius 3 is 2.70 bits per heavy atom. The topological polar surface area (TPSA) is 78.9 Å². The molecule has 1 atom stereocenters. The maximum absolute atomic E-state index is 12.2. The SMILES string of the molecule is O=C(O)CC1COCCN1C(=O)NCC1CCCCC1. The Bertz CT molecular complexity index is 342. The third-order valence-electron chi connectivity index (χ3n) is 4.17. The molecule has 2 amide bonds. The molecule has 1 saturated heterocycles. The van der Waals surface area contributed by atoms with Crippen LogP contribution < -0.4 is 5.32 Å². The van der Waals surface area contributed by atoms with E-state index in [4.69, 9.17) is 9.84 Å². The molecule has 2 N–H and O–H groups in total. The maximum atomic E-state index is 12.2. The van der Waals surface area contributed by atoms with Crippen LogP contribution in [0.25, 0.3) is 0 Å². The number of hydrogen-bond acceptors (Lipinski definition) is 3. The van der Waals surface area contributed by atoms with Crippen LogP contribution >= 0.6 is 0 Å². The summed E-state index contributed by atoms with van der Waals surface area (Å²) in [6.45, 7) is 1.96. The quantitative estimate of drug-likeness (QED) is 0.819. The first-order valence-corrected chi connectivity index (χ1v) is 7.51. The number of ether oxygens (including phenoxy) is 1. The molecule has 1 heterocycles. The predicted molar refractivity (Wildman–Crippen MR) is 73.5 cm³/mol. The molecule has 0 radical (unpaired) electrons. The number of carboxylic acids is 1. The van der Waals surface area contributed by atoms with Gasteiger partial charge in [0.05, 0.1) is 25.7 Å². The lowest BCUT2D eigenvalue weighted by Gasteiger charge is -2.35. The number of urea groups is 1. The van der Waals surface area contributed by atoms with Crippen molar-refractivity contribution in [3.8, 4) is 0 Å². The third-order valence-corrected chi connectivity index (χ3v) is 4.17. The molecule has 1 aliphatic heterocycles. The van der Waals surface area contributed by atoms with Crippen molar-refractivity contribution < 1.29 is 19.4 Å². The van der Waals surface area contributed by atoms with Crippen LogP contribution in [-0.2, 0) is 9.53 Å². The third kappa shape index (κ3) is 4.37. The van der Waals surface area contributed by atoms with Gasteiger partial charge < -0.3 is 20.1 Å². The number of aliphatic carboxylic acids is 1. The summed E-state index contributed by atoms with van der Waals surface area (Å²) < 4.78 is 5.27. The summed E-state index contributed by atoms with van der Waals surface area (Å²) in [7, 11) is 0. The lowest BCUT2D eigenvalue weighted by atomic mass is 9.89. The fourth-order valence-electron chi connectivity index (χ4n) is 3.02. The highest BCUT2D eigenvalue weighted by atomic mass is 16.5. The number of amides is 2. The number of carboxylic acid groups (broad SMARTS) is 1. The van der Waals surface area contributed by atoms with Crippen molar-refractivity contribution in [1.82, 2.24) is 10.2 Å². The highest BCUT2D eigenvalue weighted by molar-refractivity contribution is 5.76. The standard InChI is InChI=1S/C14H24N2O4/c17-13(18)8-12-10-20-7-6-16(12)14(19)15-9-11-4-2-1-3-5-11/h11-12H,1-10H2,(H,15,19)(H,17,18). The van der Waals surface area contributed by atoms with E-state index in [0.717, 1.165) is 0 Å². The lowest BCUT2D eigenvalue weighted by Crippen LogP contribution is -2.53. The van der Waals surface area contributed by atoms with Crippen molar-refractivity contribution in [1.29, 1.82) is 0 Å². The first kappa shape index (κ1) is 15.1. The largest absolute Gasteiger partial charge is 0.481 e. The van der Waals surface area contributed by atoms with E-state index in [2.05, 4.69) is 5.32 Å². The molecule has 0 aromatic rings. The first-order chi connectivity index (χ1) is 9.66. The molecule has 0 aromatic carbocycles. The van der Waals surface area contributed by atoms with E-state index < -0.39 is 5.97 Å². The molecular weight excluding hydrogens is 260 g/mol. The molecule has 0 spiro atoms. The van der Waals surface area contributed by atoms with Gasteiger partial charge in [0.1, 0.15) is 0 Å². The van der Waals surface area contributed by atoms with Crippen LogP contribution in [0.3, 0.4) is 0 Å². The van der Waals surface area contributed by atoms with Gasteiger partial charge in [-0.15, -0.1) is 0 Å². The van der Waals surface area contributed by atoms with Crippen molar-refractivity contribution in [3.05, 3.63) is 0 Å². The first-order valence-electron chi connectivity index (χ1n) is 7.51. The van der Waals surface area contributed by atoms with Crippen LogP contribution in [0.2, 0.25) is 0 Å². The van der Waals surface area contributed by atoms with E-state index in [1.54, 1.807) is 4.90 Å². The van der Waals surface area contributed by atoms with Gasteiger partial charge in [-0.2, -0.15) is 0 Å². The Balaban J connectivity index is 1.80. The van der Waals surface area contributed by atoms with E-state index in [9.17, 15) is 9.59 Å². The van der Waals surface area contributed by atoms with E-state index in [1.807, 2.05) is 0 Å². The molecule has 6 heteroatoms. The number of carbonyl (C=O) groups excluding carboxylic acids is 1. The monoisotopic (exact) mass is 284 g/mol. The van der Waals surface area contributed by atoms with Crippen LogP contribution in [0.1, 0.15) is 38.5 Å². The van der Waals surface area contributed by atoms with Gasteiger partial charge in [0.15, 0.2) is 0 Å². The number of carbonyl (C=O) groups is 2. The van der Waals surface area contributed by atoms with Crippen LogP contribution in [0.5, 0.6) is 0 Å². The maximum Gasteiger partial charge on any atom is 0.317 e. The van der Waals surface area contributed by atoms with Crippen LogP contribution in [-0.4, -0.2) is 54.4 Å². The summed E-state index contributed by atoms with van der Waals surface area (Å²) in [5.41, 5.74) is 0. The van der Waals surface area contributed by atoms with Gasteiger partial charge in [-0.3, -0.25) is 4.79 Å². The molecule has 114 valence electrons. The normalized spacial score (nSPS) is 24.4. The summed E-state index contributed by atoms with van der Waals surface area (Å²) >= 11 is 0. The summed E-state index contributed by atoms with van der Waals surface area (Å²) in [6.07, 6.45) is 6.11. The van der Waals surface area contributed by atoms with E-state index in [0.29, 0.717) is 32.2 Å². The Morgan fingerprint density at radius 1 is 1.25 bits per heavy atom. The molecule has 2 aliphatic rings. The number of rotatable bonds is 4. The lowest BCUT2D eigenvalue weighted by molar-refractivity contribution is -0.139. The van der Waals surface area contributed by atoms with Crippen LogP contribution in [0.15, 0.2) is 0 Å². The summed E-state index contributed by atoms with van der Waals surface area (Å²) in [6, 6.07) is -0.502. The minimum absolute atomic E-state index is 0.0587. The van der Waals surface area contributed by atoms with Crippen molar-refractivity contribution in [2.24, 2.45) is 5.92 Å². The fourth-order valence-corrected chi connectivity index (χ4v) is 3.02. The number of hydrogen-bond donors (Lipinski definition) is 2. The number of nitrogens with zero attached hydrogens (tertiary/aromatic N) is 1. The minimum Gasteiger partial charge on any atom is -0.481 e. The van der Waals surface area contributed by atoms with E-state index in [-0.39, 0.29) is 18.5 Å². The van der Waals surface area contributed by atoms with E-state index >= 15 is 0 Å². The zero-order valence-electron chi connectivity index (χ0n) is 11.8. The second-order valence-electron chi connectivity index (χ2n) is 5.71. The molecule has 1 aliphatic carbocycles. The molecule has 0 bridgehead atoms. The number of morpholine rings is 1. The second kappa shape index (κ2) is 7.47. The minimum atomic E-state index is -0.898. The second-order valence-corrected chi connectivity index (χ2v) is 5.71. The van der Waals surface area contributed by atoms with Crippen molar-refractivity contribution in [2.45, 2.75) is 44.6 Å². The average Bonchev–Trinajstić information content (AvgIpc) is 2.46. The smallest absolute Gasteiger partial charge is 0.317 e. The molecule has 2 fully saturated rings. The molecule has 2 rings (SSSR count). The average molecular weight is 284 g/mol. The Labute approximate surface area is 119 Å². The Kier molecular flexibility index (Phi) is 5.64. The zero-order valence-corrected chi connectivity index (χ0v) is 11.8. The molecule has 1 unspecified atom stereocenters. The van der Waals surface area contributed by atoms with Gasteiger partial charge in [0, 0.05) is 13.1 Å². The van der Waals surface area contributed by atoms with Crippen LogP contribution in [0, 0.1) is 5.92 Å². The summed E-state index contributed by atoms with van der Waals surface area (Å²) in [5, 5.41) is 11.8. The Hall–Kier alpha value is -1.30. The zero-order chi connectivity index (χ0) is 14.4. The summed E-state index contributed by atoms with van der Waals surface area (Å²) in [5.74, 6) is -0.322. The fraction of sp³-hybridized carbons (Fsp3) is 0.857. The predicted octanol–water partition coefficient (Wildman–Crippen LogP) is 1.45. The molecule has 1 saturated carbocycles. The Morgan fingerprint density at radius 2 is 2.00 bits per heavy atom. The van der Waals surface area contributed by atoms with Gasteiger partial charge in [-0.05, 0) is 18.8 Å². The van der Waals surface area contributed by atoms with Crippen LogP contribution in [0.4, 0.5) is 4.79 Å². The van der Waals surface area contributed by atoms with Gasteiger partial charge in [-0.1, -0.05) is 19.3 Å². The van der Waals surface area contributed by atoms with Gasteiger partial charge >= 0.3 is 12.0 Å². The van der Waals surface area contributed by atoms with Gasteiger partial charge in [0.25, 0.3) is 0 Å². The van der Waals surface area contributed by atoms with Crippen molar-refractivity contribution >= 4 is 12.0 Å². The van der Waals surface area contributed by atoms with Crippen molar-refractivity contribution in [2.75, 3.05) is 26.3 Å².